The number of aliphatic imine (C=N–C) groups is 1. The lowest BCUT2D eigenvalue weighted by atomic mass is 9.78. The molecule has 0 amide bonds. The first kappa shape index (κ1) is 26.7. The summed E-state index contributed by atoms with van der Waals surface area (Å²) in [7, 11) is 4.08. The van der Waals surface area contributed by atoms with Crippen LogP contribution in [0.3, 0.4) is 0 Å². The molecule has 9 heteroatoms. The molecule has 0 radical (unpaired) electrons. The van der Waals surface area contributed by atoms with Gasteiger partial charge in [-0.05, 0) is 63.4 Å². The molecule has 0 aliphatic carbocycles. The van der Waals surface area contributed by atoms with Crippen LogP contribution in [0.5, 0.6) is 0 Å². The Hall–Kier alpha value is -2.94. The molecule has 2 aromatic heterocycles. The predicted octanol–water partition coefficient (Wildman–Crippen LogP) is 6.18. The van der Waals surface area contributed by atoms with Gasteiger partial charge in [-0.2, -0.15) is 5.10 Å². The van der Waals surface area contributed by atoms with Crippen molar-refractivity contribution in [3.8, 4) is 11.1 Å². The van der Waals surface area contributed by atoms with Gasteiger partial charge in [0.15, 0.2) is 6.17 Å². The highest BCUT2D eigenvalue weighted by atomic mass is 35.5. The van der Waals surface area contributed by atoms with E-state index in [4.69, 9.17) is 31.3 Å². The van der Waals surface area contributed by atoms with Crippen molar-refractivity contribution in [1.82, 2.24) is 20.0 Å². The van der Waals surface area contributed by atoms with Crippen LogP contribution in [0, 0.1) is 6.92 Å². The van der Waals surface area contributed by atoms with Crippen molar-refractivity contribution in [2.24, 2.45) is 12.0 Å². The second-order valence-electron chi connectivity index (χ2n) is 11.5. The van der Waals surface area contributed by atoms with E-state index in [9.17, 15) is 0 Å². The van der Waals surface area contributed by atoms with Gasteiger partial charge in [0.25, 0.3) is 0 Å². The average molecular weight is 537 g/mol. The van der Waals surface area contributed by atoms with Gasteiger partial charge in [-0.15, -0.1) is 0 Å². The molecule has 0 fully saturated rings. The lowest BCUT2D eigenvalue weighted by molar-refractivity contribution is -0.374. The Labute approximate surface area is 230 Å². The van der Waals surface area contributed by atoms with Gasteiger partial charge in [-0.25, -0.2) is 9.98 Å². The van der Waals surface area contributed by atoms with Gasteiger partial charge in [0.1, 0.15) is 5.82 Å². The first-order chi connectivity index (χ1) is 17.8. The molecule has 1 aromatic carbocycles. The second kappa shape index (κ2) is 9.36. The summed E-state index contributed by atoms with van der Waals surface area (Å²) in [6, 6.07) is 8.08. The normalized spacial score (nSPS) is 23.5. The zero-order chi connectivity index (χ0) is 27.6. The Morgan fingerprint density at radius 1 is 1.13 bits per heavy atom. The summed E-state index contributed by atoms with van der Waals surface area (Å²) in [6.45, 7) is 14.5. The van der Waals surface area contributed by atoms with E-state index in [1.165, 1.54) is 16.4 Å². The number of rotatable bonds is 5. The number of nitrogens with zero attached hydrogens (tertiary/aromatic N) is 6. The van der Waals surface area contributed by atoms with Gasteiger partial charge in [0.05, 0.1) is 17.3 Å². The van der Waals surface area contributed by atoms with E-state index < -0.39 is 5.60 Å². The molecule has 0 bridgehead atoms. The minimum Gasteiger partial charge on any atom is -0.363 e. The molecule has 0 spiro atoms. The zero-order valence-corrected chi connectivity index (χ0v) is 24.5. The SMILES string of the molecule is CC1=NC(Cc2c(C)nc3c(c2-c2ccc(Cl)cc2)C(C)C(C)(c2cnn(C)c2)N3C)N(OC(C)(C)C)O1. The molecule has 4 heterocycles. The van der Waals surface area contributed by atoms with Crippen LogP contribution in [0.1, 0.15) is 69.8 Å². The molecule has 3 unspecified atom stereocenters. The number of aromatic nitrogens is 3. The minimum absolute atomic E-state index is 0.135. The average Bonchev–Trinajstić information content (AvgIpc) is 3.47. The van der Waals surface area contributed by atoms with Crippen molar-refractivity contribution in [2.75, 3.05) is 11.9 Å². The maximum atomic E-state index is 6.31. The van der Waals surface area contributed by atoms with Crippen molar-refractivity contribution >= 4 is 23.3 Å². The number of pyridine rings is 1. The zero-order valence-electron chi connectivity index (χ0n) is 23.7. The maximum Gasteiger partial charge on any atom is 0.211 e. The van der Waals surface area contributed by atoms with Crippen LogP contribution in [-0.4, -0.2) is 44.7 Å². The fourth-order valence-electron chi connectivity index (χ4n) is 5.65. The smallest absolute Gasteiger partial charge is 0.211 e. The topological polar surface area (TPSA) is 68.0 Å². The maximum absolute atomic E-state index is 6.31. The first-order valence-corrected chi connectivity index (χ1v) is 13.4. The number of likely N-dealkylation sites (N-methyl/N-ethyl adjacent to an activating group) is 1. The van der Waals surface area contributed by atoms with Gasteiger partial charge in [0, 0.05) is 66.6 Å². The number of hydrogen-bond acceptors (Lipinski definition) is 7. The molecule has 0 N–H and O–H groups in total. The molecule has 5 rings (SSSR count). The number of hydroxylamine groups is 2. The molecule has 3 aromatic rings. The fraction of sp³-hybridized carbons (Fsp3) is 0.483. The molecule has 0 saturated heterocycles. The van der Waals surface area contributed by atoms with Gasteiger partial charge >= 0.3 is 0 Å². The van der Waals surface area contributed by atoms with Gasteiger partial charge < -0.3 is 9.74 Å². The molecule has 8 nitrogen and oxygen atoms in total. The summed E-state index contributed by atoms with van der Waals surface area (Å²) in [5, 5.41) is 6.72. The van der Waals surface area contributed by atoms with Crippen LogP contribution in [0.2, 0.25) is 5.02 Å². The summed E-state index contributed by atoms with van der Waals surface area (Å²) in [5.41, 5.74) is 5.98. The lowest BCUT2D eigenvalue weighted by Gasteiger charge is -2.36. The quantitative estimate of drug-likeness (QED) is 0.388. The number of anilines is 1. The lowest BCUT2D eigenvalue weighted by Crippen LogP contribution is -2.40. The van der Waals surface area contributed by atoms with E-state index in [0.29, 0.717) is 17.3 Å². The number of aryl methyl sites for hydroxylation is 2. The van der Waals surface area contributed by atoms with E-state index in [0.717, 1.165) is 28.2 Å². The van der Waals surface area contributed by atoms with E-state index in [-0.39, 0.29) is 17.6 Å². The third-order valence-electron chi connectivity index (χ3n) is 7.78. The van der Waals surface area contributed by atoms with E-state index in [2.05, 4.69) is 56.1 Å². The van der Waals surface area contributed by atoms with Crippen molar-refractivity contribution in [3.05, 3.63) is 64.1 Å². The Balaban J connectivity index is 1.68. The third-order valence-corrected chi connectivity index (χ3v) is 8.03. The Bertz CT molecular complexity index is 1390. The molecule has 202 valence electrons. The van der Waals surface area contributed by atoms with Crippen molar-refractivity contribution in [2.45, 2.75) is 78.1 Å². The van der Waals surface area contributed by atoms with Crippen LogP contribution in [0.15, 0.2) is 41.7 Å². The standard InChI is InChI=1S/C29H37ClN6O2/c1-17-25-26(20-10-12-22(30)13-11-20)23(14-24-33-19(3)37-36(24)38-28(4,5)6)18(2)32-27(25)35(9)29(17,7)21-15-31-34(8)16-21/h10-13,15-17,24H,14H2,1-9H3. The van der Waals surface area contributed by atoms with Crippen LogP contribution >= 0.6 is 11.6 Å². The largest absolute Gasteiger partial charge is 0.363 e. The molecule has 0 saturated carbocycles. The Morgan fingerprint density at radius 3 is 2.42 bits per heavy atom. The van der Waals surface area contributed by atoms with Crippen LogP contribution in [0.4, 0.5) is 5.82 Å². The van der Waals surface area contributed by atoms with Crippen LogP contribution < -0.4 is 4.90 Å². The van der Waals surface area contributed by atoms with Gasteiger partial charge in [-0.3, -0.25) is 9.52 Å². The summed E-state index contributed by atoms with van der Waals surface area (Å²) >= 11 is 6.31. The number of benzene rings is 1. The summed E-state index contributed by atoms with van der Waals surface area (Å²) in [4.78, 5) is 24.2. The highest BCUT2D eigenvalue weighted by molar-refractivity contribution is 6.30. The fourth-order valence-corrected chi connectivity index (χ4v) is 5.77. The molecule has 3 atom stereocenters. The molecule has 38 heavy (non-hydrogen) atoms. The monoisotopic (exact) mass is 536 g/mol. The number of halogens is 1. The molecule has 2 aliphatic heterocycles. The highest BCUT2D eigenvalue weighted by Gasteiger charge is 2.49. The number of fused-ring (bicyclic) bond motifs is 1. The minimum atomic E-state index is -0.425. The molecular formula is C29H37ClN6O2. The van der Waals surface area contributed by atoms with E-state index in [1.54, 1.807) is 0 Å². The van der Waals surface area contributed by atoms with Crippen LogP contribution in [0.25, 0.3) is 11.1 Å². The third kappa shape index (κ3) is 4.48. The predicted molar refractivity (Wildman–Crippen MR) is 151 cm³/mol. The van der Waals surface area contributed by atoms with E-state index in [1.807, 2.05) is 57.8 Å². The summed E-state index contributed by atoms with van der Waals surface area (Å²) in [6.07, 6.45) is 4.31. The molecular weight excluding hydrogens is 500 g/mol. The van der Waals surface area contributed by atoms with Crippen LogP contribution in [-0.2, 0) is 28.7 Å². The van der Waals surface area contributed by atoms with E-state index >= 15 is 0 Å². The summed E-state index contributed by atoms with van der Waals surface area (Å²) in [5.74, 6) is 1.70. The summed E-state index contributed by atoms with van der Waals surface area (Å²) < 4.78 is 1.86. The van der Waals surface area contributed by atoms with Crippen molar-refractivity contribution < 1.29 is 9.68 Å². The number of hydrogen-bond donors (Lipinski definition) is 0. The second-order valence-corrected chi connectivity index (χ2v) is 12.0. The van der Waals surface area contributed by atoms with Crippen molar-refractivity contribution in [1.29, 1.82) is 0 Å². The van der Waals surface area contributed by atoms with Crippen molar-refractivity contribution in [3.63, 3.8) is 0 Å². The first-order valence-electron chi connectivity index (χ1n) is 13.0. The molecule has 2 aliphatic rings. The Morgan fingerprint density at radius 2 is 1.82 bits per heavy atom. The van der Waals surface area contributed by atoms with Gasteiger partial charge in [0.2, 0.25) is 5.90 Å². The Kier molecular flexibility index (Phi) is 6.57. The highest BCUT2D eigenvalue weighted by Crippen LogP contribution is 2.55. The van der Waals surface area contributed by atoms with Gasteiger partial charge in [-0.1, -0.05) is 30.7 Å².